The van der Waals surface area contributed by atoms with Crippen LogP contribution in [0.15, 0.2) is 23.8 Å². The van der Waals surface area contributed by atoms with E-state index in [-0.39, 0.29) is 81.8 Å². The second-order valence-electron chi connectivity index (χ2n) is 24.1. The van der Waals surface area contributed by atoms with E-state index in [1.807, 2.05) is 46.8 Å². The molecule has 16 heteroatoms. The van der Waals surface area contributed by atoms with Crippen molar-refractivity contribution in [2.24, 2.45) is 0 Å². The van der Waals surface area contributed by atoms with Gasteiger partial charge in [0.1, 0.15) is 36.9 Å². The molecule has 1 aliphatic heterocycles. The van der Waals surface area contributed by atoms with Crippen LogP contribution in [0.5, 0.6) is 17.2 Å². The topological polar surface area (TPSA) is 201 Å². The van der Waals surface area contributed by atoms with E-state index in [9.17, 15) is 38.1 Å². The maximum absolute atomic E-state index is 14.2. The van der Waals surface area contributed by atoms with E-state index in [0.717, 1.165) is 55.2 Å². The Balaban J connectivity index is 1.63. The third kappa shape index (κ3) is 29.2. The molecule has 0 bridgehead atoms. The Bertz CT molecular complexity index is 2410. The number of benzene rings is 2. The molecule has 0 radical (unpaired) electrons. The Kier molecular flexibility index (Phi) is 36.8. The molecule has 1 heterocycles. The molecule has 0 aliphatic carbocycles. The van der Waals surface area contributed by atoms with E-state index in [1.165, 1.54) is 123 Å². The fourth-order valence-corrected chi connectivity index (χ4v) is 11.4. The normalized spacial score (nSPS) is 12.3. The number of fused-ring (bicyclic) bond motifs is 1. The number of allylic oxidation sites excluding steroid dienone is 2. The highest BCUT2D eigenvalue weighted by Gasteiger charge is 2.37. The van der Waals surface area contributed by atoms with Crippen molar-refractivity contribution in [3.8, 4) is 17.2 Å². The molecule has 0 spiro atoms. The van der Waals surface area contributed by atoms with Crippen molar-refractivity contribution in [1.29, 1.82) is 0 Å². The van der Waals surface area contributed by atoms with Crippen LogP contribution >= 0.6 is 8.46 Å². The summed E-state index contributed by atoms with van der Waals surface area (Å²) < 4.78 is 51.2. The lowest BCUT2D eigenvalue weighted by molar-refractivity contribution is -0.167. The highest BCUT2D eigenvalue weighted by Crippen LogP contribution is 2.44. The second-order valence-corrected chi connectivity index (χ2v) is 24.7. The molecule has 0 saturated carbocycles. The molecule has 0 aromatic heterocycles. The number of ether oxygens (including phenoxy) is 7. The molecule has 0 unspecified atom stereocenters. The summed E-state index contributed by atoms with van der Waals surface area (Å²) in [5.74, 6) is -3.09. The van der Waals surface area contributed by atoms with Gasteiger partial charge in [-0.25, -0.2) is 4.79 Å². The third-order valence-electron chi connectivity index (χ3n) is 15.9. The number of methoxy groups -OCH3 is 1. The first-order valence-electron chi connectivity index (χ1n) is 32.3. The van der Waals surface area contributed by atoms with Crippen molar-refractivity contribution in [3.05, 3.63) is 62.7 Å². The quantitative estimate of drug-likeness (QED) is 0.0151. The first-order valence-corrected chi connectivity index (χ1v) is 33.1. The molecule has 476 valence electrons. The smallest absolute Gasteiger partial charge is 0.342 e. The Hall–Kier alpha value is -5.43. The number of hydrogen-bond acceptors (Lipinski definition) is 15. The number of hydrogen-bond donors (Lipinski definition) is 0. The second kappa shape index (κ2) is 42.4. The Morgan fingerprint density at radius 1 is 0.600 bits per heavy atom. The van der Waals surface area contributed by atoms with Crippen molar-refractivity contribution in [2.75, 3.05) is 20.3 Å². The number of carbonyl (C=O) groups excluding carboxylic acids is 7. The van der Waals surface area contributed by atoms with Crippen molar-refractivity contribution >= 4 is 49.8 Å². The Morgan fingerprint density at radius 2 is 1.08 bits per heavy atom. The fourth-order valence-electron chi connectivity index (χ4n) is 11.2. The maximum atomic E-state index is 14.2. The van der Waals surface area contributed by atoms with Crippen LogP contribution in [0.3, 0.4) is 0 Å². The predicted molar refractivity (Wildman–Crippen MR) is 333 cm³/mol. The van der Waals surface area contributed by atoms with E-state index in [1.54, 1.807) is 13.0 Å². The van der Waals surface area contributed by atoms with Crippen LogP contribution in [-0.2, 0) is 70.7 Å². The monoisotopic (exact) mass is 1200 g/mol. The van der Waals surface area contributed by atoms with E-state index in [4.69, 9.17) is 33.2 Å². The Morgan fingerprint density at radius 3 is 1.56 bits per heavy atom. The molecule has 0 fully saturated rings. The summed E-state index contributed by atoms with van der Waals surface area (Å²) in [5.41, 5.74) is 3.18. The number of carbonyl (C=O) groups is 7. The van der Waals surface area contributed by atoms with E-state index in [2.05, 4.69) is 13.8 Å². The molecule has 0 saturated heterocycles. The number of cyclic esters (lactones) is 1. The zero-order chi connectivity index (χ0) is 62.4. The summed E-state index contributed by atoms with van der Waals surface area (Å²) in [5, 5.41) is 0. The number of aryl methyl sites for hydroxylation is 2. The summed E-state index contributed by atoms with van der Waals surface area (Å²) in [6.45, 7) is 14.8. The standard InChI is InChI=1S/C69H105O15P/c1-10-12-14-16-18-20-22-24-26-28-30-32-34-36-58(70)79-47-54(48-80-59(71)37-35-33-31-29-27-25-23-21-19-17-15-13-11-2)82-60(72)41-42-61(73)83-57-45-51(4)44-52(5)65(57)69(7,8)46-62(74)84-67-55(40-38-50(3)39-43-63(75)85-77)66(78-9)53(6)56-49-81-68(76)64(56)67/h38,44-45,54H,10-37,39-43,46-49H2,1-9H3/b50-38+. The van der Waals surface area contributed by atoms with Crippen molar-refractivity contribution in [3.63, 3.8) is 0 Å². The van der Waals surface area contributed by atoms with Gasteiger partial charge in [0.25, 0.3) is 0 Å². The van der Waals surface area contributed by atoms with Gasteiger partial charge in [0.2, 0.25) is 14.0 Å². The van der Waals surface area contributed by atoms with Crippen LogP contribution in [0.2, 0.25) is 0 Å². The molecule has 0 N–H and O–H groups in total. The molecule has 1 aliphatic rings. The van der Waals surface area contributed by atoms with Crippen LogP contribution < -0.4 is 14.2 Å². The van der Waals surface area contributed by atoms with Gasteiger partial charge in [-0.05, 0) is 76.1 Å². The predicted octanol–water partition coefficient (Wildman–Crippen LogP) is 17.3. The molecule has 0 atom stereocenters. The van der Waals surface area contributed by atoms with Gasteiger partial charge < -0.3 is 33.2 Å². The molecule has 85 heavy (non-hydrogen) atoms. The van der Waals surface area contributed by atoms with Crippen LogP contribution in [0.1, 0.15) is 290 Å². The summed E-state index contributed by atoms with van der Waals surface area (Å²) >= 11 is 0. The van der Waals surface area contributed by atoms with Crippen LogP contribution in [0, 0.1) is 20.8 Å². The van der Waals surface area contributed by atoms with Gasteiger partial charge in [-0.15, -0.1) is 0 Å². The van der Waals surface area contributed by atoms with Crippen molar-refractivity contribution < 1.29 is 71.3 Å². The summed E-state index contributed by atoms with van der Waals surface area (Å²) in [7, 11) is 0.930. The number of rotatable bonds is 48. The molecule has 2 aromatic carbocycles. The molecule has 2 aromatic rings. The van der Waals surface area contributed by atoms with Gasteiger partial charge in [-0.3, -0.25) is 33.3 Å². The van der Waals surface area contributed by atoms with Gasteiger partial charge in [0.15, 0.2) is 11.9 Å². The van der Waals surface area contributed by atoms with Crippen LogP contribution in [-0.4, -0.2) is 67.8 Å². The number of esters is 6. The highest BCUT2D eigenvalue weighted by molar-refractivity contribution is 7.46. The highest BCUT2D eigenvalue weighted by atomic mass is 31.1. The lowest BCUT2D eigenvalue weighted by atomic mass is 9.78. The first-order chi connectivity index (χ1) is 40.8. The Labute approximate surface area is 511 Å². The number of unbranched alkanes of at least 4 members (excludes halogenated alkanes) is 24. The van der Waals surface area contributed by atoms with Gasteiger partial charge in [0, 0.05) is 41.4 Å². The van der Waals surface area contributed by atoms with E-state index < -0.39 is 61.3 Å². The van der Waals surface area contributed by atoms with Crippen LogP contribution in [0.4, 0.5) is 0 Å². The average Bonchev–Trinajstić information content (AvgIpc) is 1.98. The minimum atomic E-state index is -1.09. The third-order valence-corrected chi connectivity index (χ3v) is 16.4. The van der Waals surface area contributed by atoms with E-state index >= 15 is 0 Å². The molecular weight excluding hydrogens is 1100 g/mol. The minimum absolute atomic E-state index is 0.00623. The molecule has 0 amide bonds. The van der Waals surface area contributed by atoms with E-state index in [0.29, 0.717) is 47.3 Å². The van der Waals surface area contributed by atoms with Crippen molar-refractivity contribution in [1.82, 2.24) is 0 Å². The van der Waals surface area contributed by atoms with Crippen molar-refractivity contribution in [2.45, 2.75) is 292 Å². The zero-order valence-corrected chi connectivity index (χ0v) is 54.4. The maximum Gasteiger partial charge on any atom is 0.342 e. The lowest BCUT2D eigenvalue weighted by Crippen LogP contribution is -2.31. The molecule has 15 nitrogen and oxygen atoms in total. The lowest BCUT2D eigenvalue weighted by Gasteiger charge is -2.29. The van der Waals surface area contributed by atoms with Gasteiger partial charge in [-0.2, -0.15) is 0 Å². The first kappa shape index (κ1) is 73.8. The average molecular weight is 1210 g/mol. The van der Waals surface area contributed by atoms with Gasteiger partial charge >= 0.3 is 35.8 Å². The summed E-state index contributed by atoms with van der Waals surface area (Å²) in [6, 6.07) is 3.59. The summed E-state index contributed by atoms with van der Waals surface area (Å²) in [4.78, 5) is 92.1. The van der Waals surface area contributed by atoms with Gasteiger partial charge in [0.05, 0.1) is 26.4 Å². The summed E-state index contributed by atoms with van der Waals surface area (Å²) in [6.07, 6.45) is 31.6. The fraction of sp³-hybridized carbons (Fsp3) is 0.696. The SMILES string of the molecule is CCCCCCCCCCCCCCCC(=O)OCC(COC(=O)CCCCCCCCCCCCCCC)OC(=O)CCC(=O)Oc1cc(C)cc(C)c1C(C)(C)CC(=O)Oc1c(C/C=C(\C)CCC(=O)P=O)c(OC)c(C)c2c1C(=O)OC2. The van der Waals surface area contributed by atoms with Gasteiger partial charge in [-0.1, -0.05) is 200 Å². The largest absolute Gasteiger partial charge is 0.496 e. The zero-order valence-electron chi connectivity index (χ0n) is 53.5. The molecular formula is C69H105O15P. The minimum Gasteiger partial charge on any atom is -0.496 e. The van der Waals surface area contributed by atoms with Crippen LogP contribution in [0.25, 0.3) is 0 Å². The molecule has 3 rings (SSSR count).